The Hall–Kier alpha value is -2.25. The van der Waals surface area contributed by atoms with Crippen LogP contribution >= 0.6 is 0 Å². The summed E-state index contributed by atoms with van der Waals surface area (Å²) in [5, 5.41) is 3.37. The van der Waals surface area contributed by atoms with Crippen LogP contribution in [0.4, 0.5) is 17.1 Å². The minimum Gasteiger partial charge on any atom is -0.397 e. The highest BCUT2D eigenvalue weighted by molar-refractivity contribution is 7.92. The highest BCUT2D eigenvalue weighted by Crippen LogP contribution is 2.34. The maximum Gasteiger partial charge on any atom is 0.264 e. The third-order valence-corrected chi connectivity index (χ3v) is 7.14. The van der Waals surface area contributed by atoms with Gasteiger partial charge in [0.15, 0.2) is 0 Å². The van der Waals surface area contributed by atoms with E-state index in [2.05, 4.69) is 10.2 Å². The van der Waals surface area contributed by atoms with Gasteiger partial charge in [0.25, 0.3) is 10.0 Å². The minimum atomic E-state index is -3.63. The van der Waals surface area contributed by atoms with E-state index in [0.29, 0.717) is 12.2 Å². The standard InChI is InChI=1S/C20H26N4O2S/c21-18-15-17(8-9-20(18)23-12-4-10-22-11-14-23)27(25,26)24-13-3-6-16-5-1-2-7-19(16)24/h1-2,5,7-9,15,22H,3-4,6,10-14,21H2. The van der Waals surface area contributed by atoms with Gasteiger partial charge in [-0.2, -0.15) is 0 Å². The predicted molar refractivity (Wildman–Crippen MR) is 110 cm³/mol. The second-order valence-corrected chi connectivity index (χ2v) is 8.98. The Balaban J connectivity index is 1.66. The molecule has 0 amide bonds. The lowest BCUT2D eigenvalue weighted by Crippen LogP contribution is -2.35. The largest absolute Gasteiger partial charge is 0.397 e. The number of nitrogens with one attached hydrogen (secondary N) is 1. The van der Waals surface area contributed by atoms with E-state index in [0.717, 1.165) is 62.4 Å². The Kier molecular flexibility index (Phi) is 4.97. The lowest BCUT2D eigenvalue weighted by atomic mass is 10.0. The molecule has 0 aliphatic carbocycles. The summed E-state index contributed by atoms with van der Waals surface area (Å²) >= 11 is 0. The fourth-order valence-electron chi connectivity index (χ4n) is 3.94. The molecule has 3 N–H and O–H groups in total. The fourth-order valence-corrected chi connectivity index (χ4v) is 5.52. The summed E-state index contributed by atoms with van der Waals surface area (Å²) in [6.45, 7) is 4.19. The molecule has 27 heavy (non-hydrogen) atoms. The summed E-state index contributed by atoms with van der Waals surface area (Å²) in [5.74, 6) is 0. The number of sulfonamides is 1. The molecule has 1 saturated heterocycles. The van der Waals surface area contributed by atoms with Crippen molar-refractivity contribution < 1.29 is 8.42 Å². The Morgan fingerprint density at radius 1 is 0.926 bits per heavy atom. The van der Waals surface area contributed by atoms with Crippen LogP contribution in [0.15, 0.2) is 47.4 Å². The number of hydrogen-bond donors (Lipinski definition) is 2. The summed E-state index contributed by atoms with van der Waals surface area (Å²) in [6.07, 6.45) is 2.78. The third-order valence-electron chi connectivity index (χ3n) is 5.34. The molecule has 0 radical (unpaired) electrons. The molecular formula is C20H26N4O2S. The van der Waals surface area contributed by atoms with E-state index in [1.165, 1.54) is 4.31 Å². The second kappa shape index (κ2) is 7.40. The van der Waals surface area contributed by atoms with Gasteiger partial charge in [0, 0.05) is 26.2 Å². The molecule has 0 atom stereocenters. The van der Waals surface area contributed by atoms with Gasteiger partial charge < -0.3 is 16.0 Å². The third kappa shape index (κ3) is 3.49. The van der Waals surface area contributed by atoms with E-state index in [1.54, 1.807) is 12.1 Å². The van der Waals surface area contributed by atoms with Crippen LogP contribution in [0, 0.1) is 0 Å². The van der Waals surface area contributed by atoms with Crippen molar-refractivity contribution in [2.24, 2.45) is 0 Å². The van der Waals surface area contributed by atoms with E-state index >= 15 is 0 Å². The van der Waals surface area contributed by atoms with E-state index in [9.17, 15) is 8.42 Å². The van der Waals surface area contributed by atoms with Crippen molar-refractivity contribution in [1.29, 1.82) is 0 Å². The molecule has 0 saturated carbocycles. The van der Waals surface area contributed by atoms with Gasteiger partial charge in [0.05, 0.1) is 22.0 Å². The van der Waals surface area contributed by atoms with Crippen LogP contribution in [-0.2, 0) is 16.4 Å². The number of aryl methyl sites for hydroxylation is 1. The van der Waals surface area contributed by atoms with Gasteiger partial charge in [-0.3, -0.25) is 4.31 Å². The quantitative estimate of drug-likeness (QED) is 0.791. The van der Waals surface area contributed by atoms with Gasteiger partial charge in [-0.15, -0.1) is 0 Å². The van der Waals surface area contributed by atoms with Crippen LogP contribution in [0.1, 0.15) is 18.4 Å². The maximum atomic E-state index is 13.3. The van der Waals surface area contributed by atoms with Crippen LogP contribution in [-0.4, -0.2) is 41.1 Å². The van der Waals surface area contributed by atoms with Crippen LogP contribution in [0.5, 0.6) is 0 Å². The number of nitrogens with zero attached hydrogens (tertiary/aromatic N) is 2. The summed E-state index contributed by atoms with van der Waals surface area (Å²) in [7, 11) is -3.63. The summed E-state index contributed by atoms with van der Waals surface area (Å²) in [4.78, 5) is 2.48. The number of para-hydroxylation sites is 1. The molecule has 4 rings (SSSR count). The molecule has 2 aliphatic heterocycles. The number of benzene rings is 2. The normalized spacial score (nSPS) is 18.1. The Morgan fingerprint density at radius 2 is 1.78 bits per heavy atom. The number of nitrogen functional groups attached to an aromatic ring is 1. The average Bonchev–Trinajstić information content (AvgIpc) is 2.96. The molecule has 0 unspecified atom stereocenters. The molecule has 0 aromatic heterocycles. The number of anilines is 3. The predicted octanol–water partition coefficient (Wildman–Crippen LogP) is 2.21. The van der Waals surface area contributed by atoms with Crippen LogP contribution in [0.3, 0.4) is 0 Å². The SMILES string of the molecule is Nc1cc(S(=O)(=O)N2CCCc3ccccc32)ccc1N1CCCNCC1. The van der Waals surface area contributed by atoms with Crippen molar-refractivity contribution in [2.45, 2.75) is 24.2 Å². The van der Waals surface area contributed by atoms with Gasteiger partial charge in [0.2, 0.25) is 0 Å². The van der Waals surface area contributed by atoms with E-state index in [1.807, 2.05) is 30.3 Å². The molecule has 0 bridgehead atoms. The fraction of sp³-hybridized carbons (Fsp3) is 0.400. The Morgan fingerprint density at radius 3 is 2.63 bits per heavy atom. The zero-order valence-corrected chi connectivity index (χ0v) is 16.2. The van der Waals surface area contributed by atoms with Gasteiger partial charge >= 0.3 is 0 Å². The molecule has 144 valence electrons. The van der Waals surface area contributed by atoms with Crippen LogP contribution < -0.4 is 20.3 Å². The monoisotopic (exact) mass is 386 g/mol. The topological polar surface area (TPSA) is 78.7 Å². The smallest absolute Gasteiger partial charge is 0.264 e. The van der Waals surface area contributed by atoms with Crippen molar-refractivity contribution in [1.82, 2.24) is 5.32 Å². The van der Waals surface area contributed by atoms with Crippen molar-refractivity contribution in [2.75, 3.05) is 47.7 Å². The van der Waals surface area contributed by atoms with Crippen LogP contribution in [0.25, 0.3) is 0 Å². The summed E-state index contributed by atoms with van der Waals surface area (Å²) in [5.41, 5.74) is 9.57. The first kappa shape index (κ1) is 18.1. The molecule has 2 aliphatic rings. The first-order valence-corrected chi connectivity index (χ1v) is 11.0. The second-order valence-electron chi connectivity index (χ2n) is 7.12. The van der Waals surface area contributed by atoms with Crippen molar-refractivity contribution in [3.63, 3.8) is 0 Å². The molecule has 2 heterocycles. The molecule has 1 fully saturated rings. The van der Waals surface area contributed by atoms with E-state index in [-0.39, 0.29) is 4.90 Å². The van der Waals surface area contributed by atoms with Crippen molar-refractivity contribution in [3.8, 4) is 0 Å². The molecular weight excluding hydrogens is 360 g/mol. The van der Waals surface area contributed by atoms with Gasteiger partial charge in [0.1, 0.15) is 0 Å². The number of fused-ring (bicyclic) bond motifs is 1. The average molecular weight is 387 g/mol. The van der Waals surface area contributed by atoms with Gasteiger partial charge in [-0.05, 0) is 55.6 Å². The van der Waals surface area contributed by atoms with Crippen LogP contribution in [0.2, 0.25) is 0 Å². The summed E-state index contributed by atoms with van der Waals surface area (Å²) in [6, 6.07) is 12.9. The first-order chi connectivity index (χ1) is 13.1. The first-order valence-electron chi connectivity index (χ1n) is 9.53. The molecule has 2 aromatic carbocycles. The zero-order chi connectivity index (χ0) is 18.9. The maximum absolute atomic E-state index is 13.3. The lowest BCUT2D eigenvalue weighted by Gasteiger charge is -2.31. The van der Waals surface area contributed by atoms with E-state index < -0.39 is 10.0 Å². The van der Waals surface area contributed by atoms with Crippen molar-refractivity contribution >= 4 is 27.1 Å². The Labute approximate surface area is 161 Å². The highest BCUT2D eigenvalue weighted by atomic mass is 32.2. The summed E-state index contributed by atoms with van der Waals surface area (Å²) < 4.78 is 28.1. The molecule has 0 spiro atoms. The minimum absolute atomic E-state index is 0.258. The van der Waals surface area contributed by atoms with E-state index in [4.69, 9.17) is 5.73 Å². The highest BCUT2D eigenvalue weighted by Gasteiger charge is 2.29. The number of nitrogens with two attached hydrogens (primary N) is 1. The Bertz CT molecular complexity index is 921. The molecule has 7 heteroatoms. The zero-order valence-electron chi connectivity index (χ0n) is 15.4. The number of hydrogen-bond acceptors (Lipinski definition) is 5. The van der Waals surface area contributed by atoms with Crippen molar-refractivity contribution in [3.05, 3.63) is 48.0 Å². The molecule has 2 aromatic rings. The van der Waals surface area contributed by atoms with Gasteiger partial charge in [-0.25, -0.2) is 8.42 Å². The van der Waals surface area contributed by atoms with Gasteiger partial charge in [-0.1, -0.05) is 18.2 Å². The number of rotatable bonds is 3. The lowest BCUT2D eigenvalue weighted by molar-refractivity contribution is 0.586. The molecule has 6 nitrogen and oxygen atoms in total.